The molecule has 2 N–H and O–H groups in total. The lowest BCUT2D eigenvalue weighted by molar-refractivity contribution is -0.132. The Morgan fingerprint density at radius 1 is 1.09 bits per heavy atom. The molecule has 3 aromatic rings. The summed E-state index contributed by atoms with van der Waals surface area (Å²) in [6, 6.07) is 10.9. The minimum absolute atomic E-state index is 0.0190. The Balaban J connectivity index is 2.01. The summed E-state index contributed by atoms with van der Waals surface area (Å²) in [5.41, 5.74) is 0.393. The zero-order valence-electron chi connectivity index (χ0n) is 16.6. The number of carbonyl (C=O) groups is 2. The largest absolute Gasteiger partial charge is 0.507 e. The third-order valence-electron chi connectivity index (χ3n) is 5.06. The van der Waals surface area contributed by atoms with Crippen LogP contribution in [0.3, 0.4) is 0 Å². The van der Waals surface area contributed by atoms with Gasteiger partial charge < -0.3 is 14.9 Å². The molecule has 1 aliphatic rings. The number of nitrogens with zero attached hydrogens (tertiary/aromatic N) is 2. The van der Waals surface area contributed by atoms with Crippen LogP contribution < -0.4 is 9.64 Å². The fraction of sp³-hybridized carbons (Fsp3) is 0.0870. The van der Waals surface area contributed by atoms with Crippen LogP contribution in [-0.4, -0.2) is 34.0 Å². The van der Waals surface area contributed by atoms with Crippen LogP contribution in [0.25, 0.3) is 5.76 Å². The number of aliphatic hydroxyl groups excluding tert-OH is 1. The minimum Gasteiger partial charge on any atom is -0.507 e. The molecule has 2 aromatic carbocycles. The van der Waals surface area contributed by atoms with Crippen molar-refractivity contribution in [3.05, 3.63) is 87.7 Å². The van der Waals surface area contributed by atoms with Gasteiger partial charge in [-0.05, 0) is 48.0 Å². The predicted octanol–water partition coefficient (Wildman–Crippen LogP) is 4.73. The molecule has 0 saturated carbocycles. The van der Waals surface area contributed by atoms with E-state index in [0.29, 0.717) is 10.6 Å². The summed E-state index contributed by atoms with van der Waals surface area (Å²) in [4.78, 5) is 31.4. The zero-order valence-corrected chi connectivity index (χ0v) is 18.1. The van der Waals surface area contributed by atoms with E-state index < -0.39 is 23.5 Å². The fourth-order valence-electron chi connectivity index (χ4n) is 3.63. The monoisotopic (exact) mass is 470 g/mol. The number of phenolic OH excluding ortho intramolecular Hbond substituents is 1. The van der Waals surface area contributed by atoms with Gasteiger partial charge >= 0.3 is 0 Å². The van der Waals surface area contributed by atoms with Gasteiger partial charge in [-0.3, -0.25) is 19.5 Å². The van der Waals surface area contributed by atoms with Gasteiger partial charge in [0.1, 0.15) is 17.3 Å². The number of hydrogen-bond donors (Lipinski definition) is 2. The number of pyridine rings is 1. The van der Waals surface area contributed by atoms with Gasteiger partial charge in [0.2, 0.25) is 0 Å². The number of carbonyl (C=O) groups excluding carboxylic acids is 2. The molecule has 32 heavy (non-hydrogen) atoms. The van der Waals surface area contributed by atoms with Crippen LogP contribution in [0, 0.1) is 0 Å². The van der Waals surface area contributed by atoms with Crippen molar-refractivity contribution in [3.8, 4) is 11.5 Å². The minimum atomic E-state index is -1.09. The molecule has 9 heteroatoms. The number of ketones is 1. The second-order valence-corrected chi connectivity index (χ2v) is 7.81. The van der Waals surface area contributed by atoms with Crippen molar-refractivity contribution in [3.63, 3.8) is 0 Å². The van der Waals surface area contributed by atoms with Crippen LogP contribution in [-0.2, 0) is 9.59 Å². The number of ether oxygens (including phenoxy) is 1. The van der Waals surface area contributed by atoms with Crippen molar-refractivity contribution in [2.45, 2.75) is 6.04 Å². The summed E-state index contributed by atoms with van der Waals surface area (Å²) in [5, 5.41) is 22.2. The first-order valence-corrected chi connectivity index (χ1v) is 10.1. The van der Waals surface area contributed by atoms with E-state index in [-0.39, 0.29) is 33.3 Å². The zero-order chi connectivity index (χ0) is 23.0. The van der Waals surface area contributed by atoms with Crippen LogP contribution in [0.5, 0.6) is 11.5 Å². The second-order valence-electron chi connectivity index (χ2n) is 6.93. The summed E-state index contributed by atoms with van der Waals surface area (Å²) in [6.45, 7) is 0. The topological polar surface area (TPSA) is 100.0 Å². The van der Waals surface area contributed by atoms with Crippen LogP contribution in [0.1, 0.15) is 17.2 Å². The number of halogens is 2. The van der Waals surface area contributed by atoms with Crippen LogP contribution in [0.2, 0.25) is 10.0 Å². The van der Waals surface area contributed by atoms with Crippen molar-refractivity contribution < 1.29 is 24.5 Å². The second kappa shape index (κ2) is 8.53. The van der Waals surface area contributed by atoms with Gasteiger partial charge in [0.25, 0.3) is 11.7 Å². The first kappa shape index (κ1) is 21.7. The van der Waals surface area contributed by atoms with Crippen molar-refractivity contribution in [2.24, 2.45) is 0 Å². The molecule has 1 fully saturated rings. The Hall–Kier alpha value is -3.55. The fourth-order valence-corrected chi connectivity index (χ4v) is 3.97. The Labute approximate surface area is 193 Å². The quantitative estimate of drug-likeness (QED) is 0.324. The highest BCUT2D eigenvalue weighted by Crippen LogP contribution is 2.46. The summed E-state index contributed by atoms with van der Waals surface area (Å²) < 4.78 is 5.30. The summed E-state index contributed by atoms with van der Waals surface area (Å²) >= 11 is 12.2. The maximum absolute atomic E-state index is 13.2. The van der Waals surface area contributed by atoms with Crippen molar-refractivity contribution in [1.82, 2.24) is 4.98 Å². The molecule has 2 heterocycles. The number of phenols is 1. The van der Waals surface area contributed by atoms with Crippen molar-refractivity contribution in [1.29, 1.82) is 0 Å². The first-order valence-electron chi connectivity index (χ1n) is 9.37. The van der Waals surface area contributed by atoms with E-state index in [2.05, 4.69) is 4.98 Å². The lowest BCUT2D eigenvalue weighted by atomic mass is 9.95. The SMILES string of the molecule is COc1ccc(Cl)cc1/C(O)=C1\C(=O)C(=O)N(c2cc(Cl)ccc2O)C1c1cccnc1. The molecule has 0 aliphatic carbocycles. The number of benzene rings is 2. The molecular formula is C23H16Cl2N2O5. The average Bonchev–Trinajstić information content (AvgIpc) is 3.06. The molecule has 1 saturated heterocycles. The third-order valence-corrected chi connectivity index (χ3v) is 5.53. The number of methoxy groups -OCH3 is 1. The Bertz CT molecular complexity index is 1260. The van der Waals surface area contributed by atoms with E-state index in [1.165, 1.54) is 49.8 Å². The van der Waals surface area contributed by atoms with Gasteiger partial charge in [-0.2, -0.15) is 0 Å². The molecule has 1 amide bonds. The molecule has 0 spiro atoms. The average molecular weight is 471 g/mol. The summed E-state index contributed by atoms with van der Waals surface area (Å²) in [5.74, 6) is -2.36. The van der Waals surface area contributed by atoms with E-state index in [1.807, 2.05) is 0 Å². The summed E-state index contributed by atoms with van der Waals surface area (Å²) in [6.07, 6.45) is 3.00. The number of aliphatic hydroxyl groups is 1. The van der Waals surface area contributed by atoms with E-state index in [4.69, 9.17) is 27.9 Å². The van der Waals surface area contributed by atoms with Crippen molar-refractivity contribution in [2.75, 3.05) is 12.0 Å². The van der Waals surface area contributed by atoms with Crippen LogP contribution in [0.15, 0.2) is 66.5 Å². The van der Waals surface area contributed by atoms with E-state index in [0.717, 1.165) is 4.90 Å². The molecule has 4 rings (SSSR count). The lowest BCUT2D eigenvalue weighted by Crippen LogP contribution is -2.29. The number of aromatic hydroxyl groups is 1. The molecular weight excluding hydrogens is 455 g/mol. The number of aromatic nitrogens is 1. The number of amides is 1. The maximum Gasteiger partial charge on any atom is 0.300 e. The number of Topliss-reactive ketones (excluding diaryl/α,β-unsaturated/α-hetero) is 1. The molecule has 1 unspecified atom stereocenters. The van der Waals surface area contributed by atoms with Crippen LogP contribution in [0.4, 0.5) is 5.69 Å². The molecule has 162 valence electrons. The number of anilines is 1. The van der Waals surface area contributed by atoms with Crippen molar-refractivity contribution >= 4 is 46.3 Å². The Kier molecular flexibility index (Phi) is 5.78. The highest BCUT2D eigenvalue weighted by Gasteiger charge is 2.48. The van der Waals surface area contributed by atoms with Gasteiger partial charge in [-0.25, -0.2) is 0 Å². The normalized spacial score (nSPS) is 17.6. The lowest BCUT2D eigenvalue weighted by Gasteiger charge is -2.26. The highest BCUT2D eigenvalue weighted by atomic mass is 35.5. The van der Waals surface area contributed by atoms with Gasteiger partial charge in [-0.15, -0.1) is 0 Å². The van der Waals surface area contributed by atoms with E-state index in [1.54, 1.807) is 18.2 Å². The van der Waals surface area contributed by atoms with Gasteiger partial charge in [-0.1, -0.05) is 29.3 Å². The van der Waals surface area contributed by atoms with E-state index in [9.17, 15) is 19.8 Å². The Morgan fingerprint density at radius 2 is 1.81 bits per heavy atom. The third kappa shape index (κ3) is 3.66. The number of rotatable bonds is 4. The molecule has 7 nitrogen and oxygen atoms in total. The van der Waals surface area contributed by atoms with Gasteiger partial charge in [0.05, 0.1) is 30.0 Å². The first-order chi connectivity index (χ1) is 15.3. The number of hydrogen-bond acceptors (Lipinski definition) is 6. The maximum atomic E-state index is 13.2. The molecule has 0 bridgehead atoms. The highest BCUT2D eigenvalue weighted by molar-refractivity contribution is 6.52. The van der Waals surface area contributed by atoms with Crippen LogP contribution >= 0.6 is 23.2 Å². The standard InChI is InChI=1S/C23H16Cl2N2O5/c1-32-18-7-5-13(24)9-15(18)21(29)19-20(12-3-2-8-26-11-12)27(23(31)22(19)30)16-10-14(25)4-6-17(16)28/h2-11,20,28-29H,1H3/b21-19+. The molecule has 1 atom stereocenters. The van der Waals surface area contributed by atoms with E-state index >= 15 is 0 Å². The summed E-state index contributed by atoms with van der Waals surface area (Å²) in [7, 11) is 1.40. The predicted molar refractivity (Wildman–Crippen MR) is 120 cm³/mol. The Morgan fingerprint density at radius 3 is 2.50 bits per heavy atom. The molecule has 0 radical (unpaired) electrons. The van der Waals surface area contributed by atoms with Gasteiger partial charge in [0.15, 0.2) is 0 Å². The smallest absolute Gasteiger partial charge is 0.300 e. The molecule has 1 aromatic heterocycles. The van der Waals surface area contributed by atoms with Gasteiger partial charge in [0, 0.05) is 22.4 Å². The molecule has 1 aliphatic heterocycles.